The van der Waals surface area contributed by atoms with Crippen LogP contribution in [-0.2, 0) is 4.79 Å². The number of amides is 3. The molecule has 3 N–H and O–H groups in total. The molecule has 1 aliphatic heterocycles. The predicted molar refractivity (Wildman–Crippen MR) is 69.9 cm³/mol. The standard InChI is InChI=1S/C11H21N3O2S/c1-2-17-7-5-13-10(15)9-4-3-6-14(8-9)11(12)16/h9H,2-8H2,1H3,(H2,12,16)(H,13,15). The molecule has 0 bridgehead atoms. The van der Waals surface area contributed by atoms with E-state index >= 15 is 0 Å². The maximum absolute atomic E-state index is 11.8. The third kappa shape index (κ3) is 4.85. The Morgan fingerprint density at radius 1 is 1.53 bits per heavy atom. The topological polar surface area (TPSA) is 75.4 Å². The van der Waals surface area contributed by atoms with Crippen molar-refractivity contribution in [1.29, 1.82) is 0 Å². The molecule has 0 saturated carbocycles. The Bertz CT molecular complexity index is 273. The molecule has 1 aliphatic rings. The second-order valence-corrected chi connectivity index (χ2v) is 5.51. The molecule has 98 valence electrons. The Balaban J connectivity index is 2.28. The maximum Gasteiger partial charge on any atom is 0.314 e. The van der Waals surface area contributed by atoms with Crippen molar-refractivity contribution in [3.05, 3.63) is 0 Å². The number of nitrogens with zero attached hydrogens (tertiary/aromatic N) is 1. The van der Waals surface area contributed by atoms with Gasteiger partial charge in [-0.25, -0.2) is 4.79 Å². The number of thioether (sulfide) groups is 1. The number of carbonyl (C=O) groups excluding carboxylic acids is 2. The van der Waals surface area contributed by atoms with E-state index in [1.807, 2.05) is 0 Å². The van der Waals surface area contributed by atoms with Crippen molar-refractivity contribution in [2.45, 2.75) is 19.8 Å². The van der Waals surface area contributed by atoms with Gasteiger partial charge in [-0.3, -0.25) is 4.79 Å². The first-order valence-electron chi connectivity index (χ1n) is 6.05. The van der Waals surface area contributed by atoms with Gasteiger partial charge >= 0.3 is 6.03 Å². The van der Waals surface area contributed by atoms with Crippen LogP contribution in [-0.4, -0.2) is 48.0 Å². The average Bonchev–Trinajstić information content (AvgIpc) is 2.34. The zero-order valence-corrected chi connectivity index (χ0v) is 11.1. The van der Waals surface area contributed by atoms with E-state index in [0.29, 0.717) is 19.6 Å². The van der Waals surface area contributed by atoms with Crippen molar-refractivity contribution in [3.8, 4) is 0 Å². The van der Waals surface area contributed by atoms with E-state index in [4.69, 9.17) is 5.73 Å². The molecule has 0 aromatic carbocycles. The highest BCUT2D eigenvalue weighted by Crippen LogP contribution is 2.16. The summed E-state index contributed by atoms with van der Waals surface area (Å²) in [6, 6.07) is -0.427. The van der Waals surface area contributed by atoms with Crippen LogP contribution >= 0.6 is 11.8 Å². The van der Waals surface area contributed by atoms with Crippen LogP contribution in [0.2, 0.25) is 0 Å². The molecule has 1 heterocycles. The SMILES string of the molecule is CCSCCNC(=O)C1CCCN(C(N)=O)C1. The van der Waals surface area contributed by atoms with Crippen LogP contribution in [0.5, 0.6) is 0 Å². The lowest BCUT2D eigenvalue weighted by Crippen LogP contribution is -2.47. The summed E-state index contributed by atoms with van der Waals surface area (Å²) in [5.41, 5.74) is 5.22. The van der Waals surface area contributed by atoms with E-state index in [1.165, 1.54) is 0 Å². The summed E-state index contributed by atoms with van der Waals surface area (Å²) in [5.74, 6) is 1.96. The van der Waals surface area contributed by atoms with Crippen molar-refractivity contribution in [1.82, 2.24) is 10.2 Å². The van der Waals surface area contributed by atoms with Crippen LogP contribution in [0.3, 0.4) is 0 Å². The summed E-state index contributed by atoms with van der Waals surface area (Å²) in [7, 11) is 0. The van der Waals surface area contributed by atoms with Gasteiger partial charge in [-0.05, 0) is 18.6 Å². The number of likely N-dealkylation sites (tertiary alicyclic amines) is 1. The lowest BCUT2D eigenvalue weighted by Gasteiger charge is -2.30. The number of carbonyl (C=O) groups is 2. The summed E-state index contributed by atoms with van der Waals surface area (Å²) in [6.07, 6.45) is 1.70. The first kappa shape index (κ1) is 14.2. The fourth-order valence-electron chi connectivity index (χ4n) is 1.93. The van der Waals surface area contributed by atoms with Crippen molar-refractivity contribution in [2.24, 2.45) is 11.7 Å². The minimum Gasteiger partial charge on any atom is -0.355 e. The second kappa shape index (κ2) is 7.42. The third-order valence-electron chi connectivity index (χ3n) is 2.85. The molecule has 0 aliphatic carbocycles. The Hall–Kier alpha value is -0.910. The van der Waals surface area contributed by atoms with E-state index in [2.05, 4.69) is 12.2 Å². The number of urea groups is 1. The van der Waals surface area contributed by atoms with Gasteiger partial charge in [0.05, 0.1) is 5.92 Å². The van der Waals surface area contributed by atoms with Gasteiger partial charge in [0.25, 0.3) is 0 Å². The van der Waals surface area contributed by atoms with E-state index < -0.39 is 6.03 Å². The third-order valence-corrected chi connectivity index (χ3v) is 3.75. The average molecular weight is 259 g/mol. The Labute approximate surface area is 106 Å². The number of nitrogens with one attached hydrogen (secondary N) is 1. The van der Waals surface area contributed by atoms with Gasteiger partial charge < -0.3 is 16.0 Å². The van der Waals surface area contributed by atoms with Crippen molar-refractivity contribution < 1.29 is 9.59 Å². The van der Waals surface area contributed by atoms with Gasteiger partial charge in [-0.15, -0.1) is 0 Å². The van der Waals surface area contributed by atoms with Crippen LogP contribution in [0.1, 0.15) is 19.8 Å². The number of hydrogen-bond acceptors (Lipinski definition) is 3. The molecule has 6 heteroatoms. The fraction of sp³-hybridized carbons (Fsp3) is 0.818. The molecular formula is C11H21N3O2S. The van der Waals surface area contributed by atoms with Crippen LogP contribution in [0.4, 0.5) is 4.79 Å². The predicted octanol–water partition coefficient (Wildman–Crippen LogP) is 0.646. The van der Waals surface area contributed by atoms with E-state index in [-0.39, 0.29) is 11.8 Å². The maximum atomic E-state index is 11.8. The second-order valence-electron chi connectivity index (χ2n) is 4.11. The molecule has 0 radical (unpaired) electrons. The number of rotatable bonds is 5. The monoisotopic (exact) mass is 259 g/mol. The molecule has 5 nitrogen and oxygen atoms in total. The zero-order valence-electron chi connectivity index (χ0n) is 10.3. The van der Waals surface area contributed by atoms with Gasteiger partial charge in [-0.2, -0.15) is 11.8 Å². The lowest BCUT2D eigenvalue weighted by molar-refractivity contribution is -0.126. The summed E-state index contributed by atoms with van der Waals surface area (Å²) in [4.78, 5) is 24.4. The Morgan fingerprint density at radius 2 is 2.29 bits per heavy atom. The Kier molecular flexibility index (Phi) is 6.18. The zero-order chi connectivity index (χ0) is 12.7. The summed E-state index contributed by atoms with van der Waals surface area (Å²) in [6.45, 7) is 3.93. The molecule has 3 amide bonds. The van der Waals surface area contributed by atoms with Crippen molar-refractivity contribution >= 4 is 23.7 Å². The molecule has 1 rings (SSSR count). The van der Waals surface area contributed by atoms with Crippen molar-refractivity contribution in [3.63, 3.8) is 0 Å². The number of primary amides is 1. The molecule has 17 heavy (non-hydrogen) atoms. The number of piperidine rings is 1. The first-order valence-corrected chi connectivity index (χ1v) is 7.20. The number of nitrogens with two attached hydrogens (primary N) is 1. The van der Waals surface area contributed by atoms with Crippen LogP contribution in [0.25, 0.3) is 0 Å². The summed E-state index contributed by atoms with van der Waals surface area (Å²) >= 11 is 1.80. The molecule has 0 spiro atoms. The minimum absolute atomic E-state index is 0.0488. The highest BCUT2D eigenvalue weighted by atomic mass is 32.2. The van der Waals surface area contributed by atoms with E-state index in [9.17, 15) is 9.59 Å². The highest BCUT2D eigenvalue weighted by molar-refractivity contribution is 7.99. The van der Waals surface area contributed by atoms with E-state index in [1.54, 1.807) is 16.7 Å². The summed E-state index contributed by atoms with van der Waals surface area (Å²) < 4.78 is 0. The van der Waals surface area contributed by atoms with Gasteiger partial charge in [0.15, 0.2) is 0 Å². The van der Waals surface area contributed by atoms with E-state index in [0.717, 1.165) is 24.3 Å². The van der Waals surface area contributed by atoms with Crippen molar-refractivity contribution in [2.75, 3.05) is 31.1 Å². The molecule has 0 aromatic rings. The molecule has 1 saturated heterocycles. The van der Waals surface area contributed by atoms with Gasteiger partial charge in [0.2, 0.25) is 5.91 Å². The smallest absolute Gasteiger partial charge is 0.314 e. The highest BCUT2D eigenvalue weighted by Gasteiger charge is 2.26. The summed E-state index contributed by atoms with van der Waals surface area (Å²) in [5, 5.41) is 2.91. The fourth-order valence-corrected chi connectivity index (χ4v) is 2.46. The molecule has 1 atom stereocenters. The molecule has 1 fully saturated rings. The largest absolute Gasteiger partial charge is 0.355 e. The lowest BCUT2D eigenvalue weighted by atomic mass is 9.97. The molecule has 0 aromatic heterocycles. The van der Waals surface area contributed by atoms with Gasteiger partial charge in [0, 0.05) is 25.4 Å². The quantitative estimate of drug-likeness (QED) is 0.712. The molecule has 1 unspecified atom stereocenters. The van der Waals surface area contributed by atoms with Crippen LogP contribution in [0, 0.1) is 5.92 Å². The van der Waals surface area contributed by atoms with Crippen LogP contribution < -0.4 is 11.1 Å². The van der Waals surface area contributed by atoms with Crippen LogP contribution in [0.15, 0.2) is 0 Å². The number of hydrogen-bond donors (Lipinski definition) is 2. The molecular weight excluding hydrogens is 238 g/mol. The minimum atomic E-state index is -0.427. The first-order chi connectivity index (χ1) is 8.15. The van der Waals surface area contributed by atoms with Gasteiger partial charge in [0.1, 0.15) is 0 Å². The normalized spacial score (nSPS) is 20.1. The van der Waals surface area contributed by atoms with Gasteiger partial charge in [-0.1, -0.05) is 6.92 Å². The Morgan fingerprint density at radius 3 is 2.94 bits per heavy atom.